The fraction of sp³-hybridized carbons (Fsp3) is 0.374. The van der Waals surface area contributed by atoms with Crippen molar-refractivity contribution in [2.24, 2.45) is 0 Å². The highest BCUT2D eigenvalue weighted by molar-refractivity contribution is 5.90. The quantitative estimate of drug-likeness (QED) is 0.0354. The first kappa shape index (κ1) is 83.7. The highest BCUT2D eigenvalue weighted by Crippen LogP contribution is 2.60. The van der Waals surface area contributed by atoms with Crippen LogP contribution in [0.2, 0.25) is 0 Å². The van der Waals surface area contributed by atoms with Crippen LogP contribution in [0.4, 0.5) is 22.7 Å². The third-order valence-corrected chi connectivity index (χ3v) is 27.3. The molecule has 3 aliphatic carbocycles. The van der Waals surface area contributed by atoms with Crippen LogP contribution in [-0.2, 0) is 16.2 Å². The number of nitrogens with zero attached hydrogens (tertiary/aromatic N) is 2. The Kier molecular flexibility index (Phi) is 28.4. The maximum absolute atomic E-state index is 2.67. The number of rotatable bonds is 39. The van der Waals surface area contributed by atoms with Crippen molar-refractivity contribution < 1.29 is 0 Å². The number of aryl methyl sites for hydroxylation is 2. The van der Waals surface area contributed by atoms with E-state index in [0.717, 1.165) is 0 Å². The van der Waals surface area contributed by atoms with E-state index < -0.39 is 0 Å². The van der Waals surface area contributed by atoms with Crippen LogP contribution in [0.1, 0.15) is 279 Å². The van der Waals surface area contributed by atoms with Gasteiger partial charge in [0.05, 0.1) is 0 Å². The summed E-state index contributed by atoms with van der Waals surface area (Å²) < 4.78 is 0. The van der Waals surface area contributed by atoms with E-state index in [-0.39, 0.29) is 16.2 Å². The van der Waals surface area contributed by atoms with E-state index in [1.807, 2.05) is 0 Å². The van der Waals surface area contributed by atoms with Gasteiger partial charge in [-0.1, -0.05) is 389 Å². The van der Waals surface area contributed by atoms with E-state index in [4.69, 9.17) is 0 Å². The van der Waals surface area contributed by atoms with Gasteiger partial charge >= 0.3 is 0 Å². The maximum Gasteiger partial charge on any atom is 0.0411 e. The molecular formula is C115H134N2. The molecule has 2 nitrogen and oxygen atoms in total. The monoisotopic (exact) mass is 1540 g/mol. The summed E-state index contributed by atoms with van der Waals surface area (Å²) in [4.78, 5) is 4.77. The Labute approximate surface area is 706 Å². The number of unbranched alkanes of at least 4 members (excludes halogenated alkanes) is 18. The molecule has 117 heavy (non-hydrogen) atoms. The molecule has 0 aliphatic heterocycles. The second-order valence-corrected chi connectivity index (χ2v) is 35.3. The van der Waals surface area contributed by atoms with Crippen LogP contribution in [0.3, 0.4) is 0 Å². The first-order valence-electron chi connectivity index (χ1n) is 46.2. The average Bonchev–Trinajstić information content (AvgIpc) is 1.37. The van der Waals surface area contributed by atoms with Crippen molar-refractivity contribution >= 4 is 22.7 Å². The Morgan fingerprint density at radius 2 is 0.462 bits per heavy atom. The van der Waals surface area contributed by atoms with Gasteiger partial charge in [0.25, 0.3) is 0 Å². The minimum absolute atomic E-state index is 0.0164. The molecule has 0 saturated heterocycles. The molecule has 0 saturated carbocycles. The number of benzene rings is 12. The molecule has 0 heterocycles. The number of para-hydroxylation sites is 1. The summed E-state index contributed by atoms with van der Waals surface area (Å²) in [7, 11) is 4.47. The second kappa shape index (κ2) is 39.7. The lowest BCUT2D eigenvalue weighted by atomic mass is 9.69. The van der Waals surface area contributed by atoms with Crippen molar-refractivity contribution in [3.8, 4) is 89.0 Å². The maximum atomic E-state index is 2.67. The highest BCUT2D eigenvalue weighted by atomic mass is 15.1. The van der Waals surface area contributed by atoms with Gasteiger partial charge in [-0.2, -0.15) is 0 Å². The van der Waals surface area contributed by atoms with Gasteiger partial charge in [-0.05, 0) is 260 Å². The zero-order chi connectivity index (χ0) is 81.1. The first-order valence-corrected chi connectivity index (χ1v) is 46.2. The van der Waals surface area contributed by atoms with Crippen molar-refractivity contribution in [1.82, 2.24) is 0 Å². The lowest BCUT2D eigenvalue weighted by Gasteiger charge is -2.34. The normalized spacial score (nSPS) is 13.4. The SMILES string of the molecule is CCCCCCC1(CCCCCC)c2cc(C)ccc2-c2ccc(-c3ccc4c(c3)C(CCCCCC)(CCCCCC)c3cc(N(C)c5ccccc5)ccc3-4)cc21.CCCCCCC1(CCCCCC)c2ccccc2-c2ccc(N(C)c3ccc(-c4cc(-c5ccc(C)cc5)cc(-c5cccc(-c6ccccc6)c5)c4)cc3)cc21. The number of hydrogen-bond donors (Lipinski definition) is 0. The van der Waals surface area contributed by atoms with E-state index in [0.29, 0.717) is 0 Å². The summed E-state index contributed by atoms with van der Waals surface area (Å²) in [5, 5.41) is 0. The molecule has 0 atom stereocenters. The van der Waals surface area contributed by atoms with Gasteiger partial charge in [0.1, 0.15) is 0 Å². The minimum Gasteiger partial charge on any atom is -0.345 e. The smallest absolute Gasteiger partial charge is 0.0411 e. The third kappa shape index (κ3) is 18.4. The molecule has 0 bridgehead atoms. The van der Waals surface area contributed by atoms with Gasteiger partial charge in [-0.3, -0.25) is 0 Å². The molecule has 0 N–H and O–H groups in total. The zero-order valence-electron chi connectivity index (χ0n) is 73.0. The third-order valence-electron chi connectivity index (χ3n) is 27.3. The summed E-state index contributed by atoms with van der Waals surface area (Å²) in [5.41, 5.74) is 38.7. The second-order valence-electron chi connectivity index (χ2n) is 35.3. The molecule has 0 spiro atoms. The van der Waals surface area contributed by atoms with Gasteiger partial charge in [0.2, 0.25) is 0 Å². The lowest BCUT2D eigenvalue weighted by molar-refractivity contribution is 0.400. The number of fused-ring (bicyclic) bond motifs is 9. The van der Waals surface area contributed by atoms with Crippen molar-refractivity contribution in [2.45, 2.75) is 264 Å². The Morgan fingerprint density at radius 3 is 0.897 bits per heavy atom. The summed E-state index contributed by atoms with van der Waals surface area (Å²) >= 11 is 0. The van der Waals surface area contributed by atoms with E-state index in [1.165, 1.54) is 316 Å². The molecule has 0 radical (unpaired) electrons. The molecule has 15 rings (SSSR count). The van der Waals surface area contributed by atoms with Crippen LogP contribution in [0.5, 0.6) is 0 Å². The molecule has 0 aromatic heterocycles. The Hall–Kier alpha value is -9.76. The summed E-state index contributed by atoms with van der Waals surface area (Å²) in [5.74, 6) is 0. The standard InChI is InChI=1S/C58H75N.C57H59N/c1-7-11-15-22-36-57(37-23-16-12-8-2)53-40-44(5)28-32-49(53)50-33-29-45(41-54(50)57)46-30-34-51-52-35-31-48(59(6)47-26-20-19-21-27-47)43-56(52)58(55(51)42-46,38-24-17-13-9-3)39-25-18-14-10-4;1-5-7-9-16-35-57(36-17-10-8-6-2)55-24-15-14-23-53(55)54-34-33-52(41-56(54)57)58(4)51-31-29-45(30-32-51)49-38-48(44-27-25-42(3)26-28-44)39-50(40-49)47-22-18-21-46(37-47)43-19-12-11-13-20-43/h19-21,26-35,40-43H,7-18,22-25,36-39H2,1-6H3;11-15,18-34,37-41H,5-10,16-17,35-36H2,1-4H3. The Bertz CT molecular complexity index is 5170. The predicted molar refractivity (Wildman–Crippen MR) is 510 cm³/mol. The van der Waals surface area contributed by atoms with E-state index in [1.54, 1.807) is 33.4 Å². The zero-order valence-corrected chi connectivity index (χ0v) is 73.0. The van der Waals surface area contributed by atoms with Crippen LogP contribution in [-0.4, -0.2) is 14.1 Å². The molecule has 604 valence electrons. The molecule has 0 fully saturated rings. The van der Waals surface area contributed by atoms with Crippen LogP contribution < -0.4 is 9.80 Å². The number of hydrogen-bond acceptors (Lipinski definition) is 2. The van der Waals surface area contributed by atoms with Gasteiger partial charge < -0.3 is 9.80 Å². The van der Waals surface area contributed by atoms with Crippen molar-refractivity contribution in [2.75, 3.05) is 23.9 Å². The topological polar surface area (TPSA) is 6.48 Å². The molecular weight excluding hydrogens is 1410 g/mol. The van der Waals surface area contributed by atoms with Gasteiger partial charge in [-0.15, -0.1) is 0 Å². The van der Waals surface area contributed by atoms with E-state index in [2.05, 4.69) is 346 Å². The predicted octanol–water partition coefficient (Wildman–Crippen LogP) is 34.5. The van der Waals surface area contributed by atoms with Gasteiger partial charge in [0, 0.05) is 53.1 Å². The molecule has 0 unspecified atom stereocenters. The largest absolute Gasteiger partial charge is 0.345 e. The molecule has 3 aliphatic rings. The highest BCUT2D eigenvalue weighted by Gasteiger charge is 2.46. The first-order chi connectivity index (χ1) is 57.4. The van der Waals surface area contributed by atoms with Gasteiger partial charge in [0.15, 0.2) is 0 Å². The summed E-state index contributed by atoms with van der Waals surface area (Å²) in [6, 6.07) is 102. The average molecular weight is 1540 g/mol. The van der Waals surface area contributed by atoms with Crippen molar-refractivity contribution in [3.05, 3.63) is 311 Å². The van der Waals surface area contributed by atoms with Gasteiger partial charge in [-0.25, -0.2) is 0 Å². The summed E-state index contributed by atoms with van der Waals surface area (Å²) in [6.07, 6.45) is 38.6. The van der Waals surface area contributed by atoms with Crippen LogP contribution in [0.15, 0.2) is 267 Å². The van der Waals surface area contributed by atoms with E-state index in [9.17, 15) is 0 Å². The van der Waals surface area contributed by atoms with Crippen molar-refractivity contribution in [1.29, 1.82) is 0 Å². The van der Waals surface area contributed by atoms with Crippen molar-refractivity contribution in [3.63, 3.8) is 0 Å². The fourth-order valence-corrected chi connectivity index (χ4v) is 20.6. The Balaban J connectivity index is 0.000000193. The molecule has 2 heteroatoms. The molecule has 12 aromatic rings. The Morgan fingerprint density at radius 1 is 0.188 bits per heavy atom. The van der Waals surface area contributed by atoms with Crippen LogP contribution in [0, 0.1) is 13.8 Å². The fourth-order valence-electron chi connectivity index (χ4n) is 20.6. The summed E-state index contributed by atoms with van der Waals surface area (Å²) in [6.45, 7) is 18.5. The minimum atomic E-state index is 0.0164. The van der Waals surface area contributed by atoms with Crippen LogP contribution in [0.25, 0.3) is 89.0 Å². The lowest BCUT2D eigenvalue weighted by Crippen LogP contribution is -2.26. The van der Waals surface area contributed by atoms with Crippen LogP contribution >= 0.6 is 0 Å². The molecule has 0 amide bonds. The molecule has 12 aromatic carbocycles. The van der Waals surface area contributed by atoms with E-state index >= 15 is 0 Å². The number of anilines is 4.